The van der Waals surface area contributed by atoms with Crippen LogP contribution in [0.25, 0.3) is 11.0 Å². The number of hydrogen-bond donors (Lipinski definition) is 3. The highest BCUT2D eigenvalue weighted by molar-refractivity contribution is 6.33. The quantitative estimate of drug-likeness (QED) is 0.595. The summed E-state index contributed by atoms with van der Waals surface area (Å²) < 4.78 is 1.84. The first kappa shape index (κ1) is 17.7. The molecule has 1 unspecified atom stereocenters. The molecule has 0 amide bonds. The third-order valence-corrected chi connectivity index (χ3v) is 5.78. The van der Waals surface area contributed by atoms with Crippen molar-refractivity contribution in [3.05, 3.63) is 58.6 Å². The summed E-state index contributed by atoms with van der Waals surface area (Å²) in [7, 11) is 0. The van der Waals surface area contributed by atoms with E-state index < -0.39 is 18.2 Å². The Bertz CT molecular complexity index is 931. The van der Waals surface area contributed by atoms with Crippen molar-refractivity contribution in [3.8, 4) is 0 Å². The second-order valence-electron chi connectivity index (χ2n) is 6.65. The Balaban J connectivity index is 1.65. The number of nitrogens with zero attached hydrogens (tertiary/aromatic N) is 3. The molecule has 2 heterocycles. The highest BCUT2D eigenvalue weighted by Gasteiger charge is 2.45. The van der Waals surface area contributed by atoms with Crippen molar-refractivity contribution in [2.24, 2.45) is 11.7 Å². The van der Waals surface area contributed by atoms with E-state index in [0.29, 0.717) is 27.6 Å². The van der Waals surface area contributed by atoms with Crippen molar-refractivity contribution in [2.75, 3.05) is 0 Å². The van der Waals surface area contributed by atoms with Crippen molar-refractivity contribution in [3.63, 3.8) is 0 Å². The smallest absolute Gasteiger partial charge is 0.145 e. The van der Waals surface area contributed by atoms with Crippen LogP contribution < -0.4 is 5.73 Å². The minimum atomic E-state index is -0.956. The highest BCUT2D eigenvalue weighted by Crippen LogP contribution is 2.42. The van der Waals surface area contributed by atoms with E-state index >= 15 is 0 Å². The Kier molecular flexibility index (Phi) is 4.62. The third-order valence-electron chi connectivity index (χ3n) is 5.23. The highest BCUT2D eigenvalue weighted by atomic mass is 35.5. The summed E-state index contributed by atoms with van der Waals surface area (Å²) in [5.41, 5.74) is 7.88. The molecule has 1 aliphatic carbocycles. The van der Waals surface area contributed by atoms with Gasteiger partial charge in [-0.3, -0.25) is 0 Å². The Morgan fingerprint density at radius 1 is 1.08 bits per heavy atom. The molecule has 0 spiro atoms. The summed E-state index contributed by atoms with van der Waals surface area (Å²) >= 11 is 12.0. The monoisotopic (exact) mass is 392 g/mol. The van der Waals surface area contributed by atoms with Gasteiger partial charge in [-0.15, -0.1) is 0 Å². The molecule has 0 radical (unpaired) electrons. The summed E-state index contributed by atoms with van der Waals surface area (Å²) in [6.45, 7) is 0. The summed E-state index contributed by atoms with van der Waals surface area (Å²) in [5, 5.41) is 22.9. The van der Waals surface area contributed by atoms with Crippen LogP contribution in [0.4, 0.5) is 0 Å². The number of halogens is 2. The van der Waals surface area contributed by atoms with Gasteiger partial charge in [-0.05, 0) is 30.2 Å². The minimum Gasteiger partial charge on any atom is -0.390 e. The van der Waals surface area contributed by atoms with Crippen LogP contribution in [0.3, 0.4) is 0 Å². The first-order chi connectivity index (χ1) is 12.5. The van der Waals surface area contributed by atoms with E-state index in [9.17, 15) is 10.2 Å². The normalized spacial score (nSPS) is 27.1. The van der Waals surface area contributed by atoms with E-state index in [2.05, 4.69) is 9.97 Å². The molecule has 5 atom stereocenters. The average molecular weight is 393 g/mol. The van der Waals surface area contributed by atoms with Gasteiger partial charge in [0.25, 0.3) is 0 Å². The minimum absolute atomic E-state index is 0.300. The lowest BCUT2D eigenvalue weighted by molar-refractivity contribution is 0.00222. The van der Waals surface area contributed by atoms with Crippen molar-refractivity contribution in [2.45, 2.75) is 30.7 Å². The second-order valence-corrected chi connectivity index (χ2v) is 7.44. The second kappa shape index (κ2) is 6.79. The third kappa shape index (κ3) is 2.88. The van der Waals surface area contributed by atoms with Gasteiger partial charge in [0, 0.05) is 23.2 Å². The standard InChI is InChI=1S/C18H18Cl2N4O2/c19-10-3-1-9(2-4-10)14(21)12-7-13(16(26)15(12)25)24-6-5-11-17(20)22-8-23-18(11)24/h1-6,8,12-16,25-26H,7,21H2/t12-,13-,14?,15-,16+/m1/s1. The van der Waals surface area contributed by atoms with Gasteiger partial charge in [0.2, 0.25) is 0 Å². The number of aliphatic hydroxyl groups is 2. The van der Waals surface area contributed by atoms with Crippen molar-refractivity contribution in [1.29, 1.82) is 0 Å². The zero-order chi connectivity index (χ0) is 18.4. The molecule has 26 heavy (non-hydrogen) atoms. The molecule has 0 bridgehead atoms. The van der Waals surface area contributed by atoms with Crippen LogP contribution in [-0.2, 0) is 0 Å². The number of rotatable bonds is 3. The Labute approximate surface area is 160 Å². The molecule has 0 saturated heterocycles. The number of hydrogen-bond acceptors (Lipinski definition) is 5. The Hall–Kier alpha value is -1.70. The van der Waals surface area contributed by atoms with Crippen molar-refractivity contribution < 1.29 is 10.2 Å². The molecule has 6 nitrogen and oxygen atoms in total. The maximum Gasteiger partial charge on any atom is 0.145 e. The number of fused-ring (bicyclic) bond motifs is 1. The fourth-order valence-corrected chi connectivity index (χ4v) is 4.13. The fourth-order valence-electron chi connectivity index (χ4n) is 3.82. The van der Waals surface area contributed by atoms with E-state index in [-0.39, 0.29) is 12.0 Å². The van der Waals surface area contributed by atoms with Crippen LogP contribution in [0.15, 0.2) is 42.9 Å². The molecule has 1 aromatic carbocycles. The van der Waals surface area contributed by atoms with Gasteiger partial charge < -0.3 is 20.5 Å². The molecule has 2 aromatic heterocycles. The lowest BCUT2D eigenvalue weighted by atomic mass is 9.90. The number of aromatic nitrogens is 3. The predicted molar refractivity (Wildman–Crippen MR) is 100 cm³/mol. The average Bonchev–Trinajstić information content (AvgIpc) is 3.18. The van der Waals surface area contributed by atoms with Crippen LogP contribution in [-0.4, -0.2) is 37.0 Å². The summed E-state index contributed by atoms with van der Waals surface area (Å²) in [5.74, 6) is -0.300. The zero-order valence-corrected chi connectivity index (χ0v) is 15.2. The van der Waals surface area contributed by atoms with Crippen LogP contribution >= 0.6 is 23.2 Å². The van der Waals surface area contributed by atoms with Crippen LogP contribution in [0, 0.1) is 5.92 Å². The number of aliphatic hydroxyl groups excluding tert-OH is 2. The molecule has 136 valence electrons. The largest absolute Gasteiger partial charge is 0.390 e. The van der Waals surface area contributed by atoms with Gasteiger partial charge in [-0.2, -0.15) is 0 Å². The van der Waals surface area contributed by atoms with Gasteiger partial charge in [-0.1, -0.05) is 35.3 Å². The lowest BCUT2D eigenvalue weighted by Crippen LogP contribution is -2.33. The molecular formula is C18H18Cl2N4O2. The summed E-state index contributed by atoms with van der Waals surface area (Å²) in [6.07, 6.45) is 1.80. The molecule has 3 aromatic rings. The molecule has 4 rings (SSSR count). The van der Waals surface area contributed by atoms with Crippen molar-refractivity contribution in [1.82, 2.24) is 14.5 Å². The molecular weight excluding hydrogens is 375 g/mol. The Morgan fingerprint density at radius 3 is 2.54 bits per heavy atom. The van der Waals surface area contributed by atoms with Gasteiger partial charge in [0.05, 0.1) is 17.5 Å². The molecule has 8 heteroatoms. The fraction of sp³-hybridized carbons (Fsp3) is 0.333. The first-order valence-electron chi connectivity index (χ1n) is 8.31. The van der Waals surface area contributed by atoms with E-state index in [4.69, 9.17) is 28.9 Å². The van der Waals surface area contributed by atoms with E-state index in [1.165, 1.54) is 6.33 Å². The lowest BCUT2D eigenvalue weighted by Gasteiger charge is -2.23. The maximum atomic E-state index is 10.6. The number of benzene rings is 1. The van der Waals surface area contributed by atoms with Crippen LogP contribution in [0.1, 0.15) is 24.1 Å². The molecule has 1 fully saturated rings. The summed E-state index contributed by atoms with van der Waals surface area (Å²) in [4.78, 5) is 8.24. The van der Waals surface area contributed by atoms with E-state index in [0.717, 1.165) is 5.56 Å². The van der Waals surface area contributed by atoms with Gasteiger partial charge in [0.1, 0.15) is 23.2 Å². The van der Waals surface area contributed by atoms with Gasteiger partial charge in [-0.25, -0.2) is 9.97 Å². The van der Waals surface area contributed by atoms with Crippen LogP contribution in [0.2, 0.25) is 10.2 Å². The van der Waals surface area contributed by atoms with E-state index in [1.807, 2.05) is 29.0 Å². The SMILES string of the molecule is NC(c1ccc(Cl)cc1)[C@H]1C[C@@H](n2ccc3c(Cl)ncnc32)[C@H](O)[C@@H]1O. The van der Waals surface area contributed by atoms with E-state index in [1.54, 1.807) is 12.1 Å². The van der Waals surface area contributed by atoms with Gasteiger partial charge >= 0.3 is 0 Å². The first-order valence-corrected chi connectivity index (χ1v) is 9.07. The maximum absolute atomic E-state index is 10.6. The zero-order valence-electron chi connectivity index (χ0n) is 13.7. The molecule has 0 aliphatic heterocycles. The van der Waals surface area contributed by atoms with Crippen molar-refractivity contribution >= 4 is 34.2 Å². The topological polar surface area (TPSA) is 97.2 Å². The predicted octanol–water partition coefficient (Wildman–Crippen LogP) is 2.72. The van der Waals surface area contributed by atoms with Crippen LogP contribution in [0.5, 0.6) is 0 Å². The molecule has 1 aliphatic rings. The van der Waals surface area contributed by atoms with Gasteiger partial charge in [0.15, 0.2) is 0 Å². The molecule has 1 saturated carbocycles. The Morgan fingerprint density at radius 2 is 1.81 bits per heavy atom. The number of nitrogens with two attached hydrogens (primary N) is 1. The molecule has 4 N–H and O–H groups in total. The summed E-state index contributed by atoms with van der Waals surface area (Å²) in [6, 6.07) is 8.27.